The molecule has 4 heteroatoms. The summed E-state index contributed by atoms with van der Waals surface area (Å²) in [5.74, 6) is 0. The standard InChI is InChI=1S/C7H9B3.Ti/c8-10-9-6-5-7-3-1-2-4-7;/h1-3H,4-6H2;. The second-order valence-corrected chi connectivity index (χ2v) is 2.42. The molecule has 0 bridgehead atoms. The fourth-order valence-electron chi connectivity index (χ4n) is 1.04. The minimum atomic E-state index is 0. The van der Waals surface area contributed by atoms with Gasteiger partial charge in [0.05, 0.1) is 7.17 Å². The van der Waals surface area contributed by atoms with E-state index in [9.17, 15) is 0 Å². The number of allylic oxidation sites excluding steroid dienone is 4. The first-order chi connectivity index (χ1) is 4.93. The molecule has 1 aliphatic rings. The Labute approximate surface area is 86.6 Å². The van der Waals surface area contributed by atoms with Gasteiger partial charge in [-0.2, -0.15) is 0 Å². The van der Waals surface area contributed by atoms with Gasteiger partial charge in [-0.05, 0) is 12.8 Å². The number of rotatable bonds is 4. The van der Waals surface area contributed by atoms with Gasteiger partial charge in [0.15, 0.2) is 0 Å². The van der Waals surface area contributed by atoms with Crippen molar-refractivity contribution < 1.29 is 21.7 Å². The summed E-state index contributed by atoms with van der Waals surface area (Å²) in [6.07, 6.45) is 9.84. The summed E-state index contributed by atoms with van der Waals surface area (Å²) >= 11 is 0. The van der Waals surface area contributed by atoms with Gasteiger partial charge in [0.2, 0.25) is 0 Å². The van der Waals surface area contributed by atoms with Gasteiger partial charge in [-0.15, -0.1) is 0 Å². The largest absolute Gasteiger partial charge is 0.0858 e. The molecule has 0 spiro atoms. The molecular weight excluding hydrogens is 164 g/mol. The molecule has 50 valence electrons. The molecule has 0 amide bonds. The SMILES string of the molecule is [B][B][B]CCC1=CC=CC1.[Ti]. The van der Waals surface area contributed by atoms with E-state index in [0.717, 1.165) is 19.2 Å². The summed E-state index contributed by atoms with van der Waals surface area (Å²) < 4.78 is 0. The van der Waals surface area contributed by atoms with Crippen molar-refractivity contribution in [2.75, 3.05) is 0 Å². The van der Waals surface area contributed by atoms with Crippen LogP contribution in [0.5, 0.6) is 0 Å². The summed E-state index contributed by atoms with van der Waals surface area (Å²) in [6, 6.07) is 0. The van der Waals surface area contributed by atoms with Crippen molar-refractivity contribution in [3.05, 3.63) is 23.8 Å². The van der Waals surface area contributed by atoms with Crippen LogP contribution in [0.4, 0.5) is 0 Å². The smallest absolute Gasteiger partial charge is 0.0548 e. The monoisotopic (exact) mass is 174 g/mol. The van der Waals surface area contributed by atoms with Crippen LogP contribution in [0.1, 0.15) is 12.8 Å². The summed E-state index contributed by atoms with van der Waals surface area (Å²) in [5, 5.41) is 0. The minimum Gasteiger partial charge on any atom is -0.0858 e. The normalized spacial score (nSPS) is 13.6. The Kier molecular flexibility index (Phi) is 7.31. The first-order valence-corrected chi connectivity index (χ1v) is 3.65. The molecular formula is C7H9B3Ti. The minimum absolute atomic E-state index is 0. The molecule has 0 aromatic rings. The van der Waals surface area contributed by atoms with Crippen LogP contribution < -0.4 is 0 Å². The van der Waals surface area contributed by atoms with E-state index in [1.165, 1.54) is 5.57 Å². The number of hydrogen-bond acceptors (Lipinski definition) is 0. The molecule has 11 heavy (non-hydrogen) atoms. The van der Waals surface area contributed by atoms with E-state index in [1.54, 1.807) is 7.06 Å². The first-order valence-electron chi connectivity index (χ1n) is 3.65. The van der Waals surface area contributed by atoms with Crippen molar-refractivity contribution in [2.45, 2.75) is 19.2 Å². The Morgan fingerprint density at radius 2 is 2.36 bits per heavy atom. The fraction of sp³-hybridized carbons (Fsp3) is 0.429. The fourth-order valence-corrected chi connectivity index (χ4v) is 1.04. The van der Waals surface area contributed by atoms with Crippen molar-refractivity contribution in [1.29, 1.82) is 0 Å². The summed E-state index contributed by atoms with van der Waals surface area (Å²) in [5.41, 5.74) is 1.51. The molecule has 0 heterocycles. The zero-order valence-corrected chi connectivity index (χ0v) is 8.15. The molecule has 4 radical (unpaired) electrons. The zero-order chi connectivity index (χ0) is 7.23. The maximum absolute atomic E-state index is 5.20. The molecule has 1 rings (SSSR count). The average molecular weight is 173 g/mol. The van der Waals surface area contributed by atoms with Gasteiger partial charge in [-0.1, -0.05) is 30.1 Å². The summed E-state index contributed by atoms with van der Waals surface area (Å²) in [7, 11) is 8.81. The van der Waals surface area contributed by atoms with Gasteiger partial charge in [-0.3, -0.25) is 0 Å². The van der Waals surface area contributed by atoms with E-state index in [1.807, 2.05) is 7.17 Å². The summed E-state index contributed by atoms with van der Waals surface area (Å²) in [6.45, 7) is 0. The molecule has 0 atom stereocenters. The van der Waals surface area contributed by atoms with Gasteiger partial charge in [-0.25, -0.2) is 0 Å². The second-order valence-electron chi connectivity index (χ2n) is 2.42. The van der Waals surface area contributed by atoms with Gasteiger partial charge < -0.3 is 0 Å². The molecule has 0 N–H and O–H groups in total. The molecule has 0 aromatic carbocycles. The third-order valence-electron chi connectivity index (χ3n) is 1.62. The third-order valence-corrected chi connectivity index (χ3v) is 1.62. The van der Waals surface area contributed by atoms with Crippen molar-refractivity contribution in [3.8, 4) is 0 Å². The van der Waals surface area contributed by atoms with Crippen LogP contribution >= 0.6 is 0 Å². The van der Waals surface area contributed by atoms with Crippen LogP contribution in [0.3, 0.4) is 0 Å². The van der Waals surface area contributed by atoms with Crippen LogP contribution in [0.25, 0.3) is 0 Å². The molecule has 0 aliphatic heterocycles. The Balaban J connectivity index is 0.000001000. The summed E-state index contributed by atoms with van der Waals surface area (Å²) in [4.78, 5) is 0. The van der Waals surface area contributed by atoms with Crippen LogP contribution in [-0.4, -0.2) is 22.0 Å². The van der Waals surface area contributed by atoms with Crippen LogP contribution in [0.2, 0.25) is 6.32 Å². The van der Waals surface area contributed by atoms with E-state index in [-0.39, 0.29) is 21.7 Å². The predicted octanol–water partition coefficient (Wildman–Crippen LogP) is 1.09. The van der Waals surface area contributed by atoms with Crippen molar-refractivity contribution >= 4 is 22.0 Å². The Bertz CT molecular complexity index is 154. The molecule has 0 unspecified atom stereocenters. The number of hydrogen-bond donors (Lipinski definition) is 0. The maximum Gasteiger partial charge on any atom is 0.0548 e. The van der Waals surface area contributed by atoms with Gasteiger partial charge in [0.25, 0.3) is 0 Å². The van der Waals surface area contributed by atoms with Crippen LogP contribution in [-0.2, 0) is 21.7 Å². The Morgan fingerprint density at radius 3 is 2.91 bits per heavy atom. The molecule has 1 aliphatic carbocycles. The van der Waals surface area contributed by atoms with E-state index in [2.05, 4.69) is 18.2 Å². The topological polar surface area (TPSA) is 0 Å². The van der Waals surface area contributed by atoms with Gasteiger partial charge in [0.1, 0.15) is 0 Å². The van der Waals surface area contributed by atoms with Crippen LogP contribution in [0.15, 0.2) is 23.8 Å². The molecule has 0 saturated heterocycles. The van der Waals surface area contributed by atoms with Gasteiger partial charge >= 0.3 is 0 Å². The van der Waals surface area contributed by atoms with Gasteiger partial charge in [0, 0.05) is 36.5 Å². The maximum atomic E-state index is 5.20. The van der Waals surface area contributed by atoms with E-state index < -0.39 is 0 Å². The Morgan fingerprint density at radius 1 is 1.55 bits per heavy atom. The second kappa shape index (κ2) is 7.06. The Hall–Kier alpha value is 0.389. The molecule has 0 saturated carbocycles. The van der Waals surface area contributed by atoms with Crippen LogP contribution in [0, 0.1) is 0 Å². The first kappa shape index (κ1) is 11.4. The quantitative estimate of drug-likeness (QED) is 0.441. The van der Waals surface area contributed by atoms with Crippen molar-refractivity contribution in [2.24, 2.45) is 0 Å². The van der Waals surface area contributed by atoms with E-state index in [0.29, 0.717) is 0 Å². The molecule has 0 aromatic heterocycles. The zero-order valence-electron chi connectivity index (χ0n) is 6.59. The predicted molar refractivity (Wildman–Crippen MR) is 48.5 cm³/mol. The molecule has 0 nitrogen and oxygen atoms in total. The van der Waals surface area contributed by atoms with E-state index >= 15 is 0 Å². The van der Waals surface area contributed by atoms with Crippen molar-refractivity contribution in [3.63, 3.8) is 0 Å². The van der Waals surface area contributed by atoms with E-state index in [4.69, 9.17) is 7.74 Å². The molecule has 0 fully saturated rings. The van der Waals surface area contributed by atoms with Crippen molar-refractivity contribution in [1.82, 2.24) is 0 Å². The average Bonchev–Trinajstić information content (AvgIpc) is 2.41. The third kappa shape index (κ3) is 4.76.